The van der Waals surface area contributed by atoms with E-state index in [-0.39, 0.29) is 18.2 Å². The van der Waals surface area contributed by atoms with Gasteiger partial charge in [-0.15, -0.1) is 0 Å². The Morgan fingerprint density at radius 3 is 2.67 bits per heavy atom. The van der Waals surface area contributed by atoms with Crippen LogP contribution in [-0.4, -0.2) is 42.1 Å². The van der Waals surface area contributed by atoms with Crippen molar-refractivity contribution in [2.45, 2.75) is 38.6 Å². The van der Waals surface area contributed by atoms with E-state index in [1.807, 2.05) is 6.92 Å². The summed E-state index contributed by atoms with van der Waals surface area (Å²) in [5.41, 5.74) is 0. The van der Waals surface area contributed by atoms with Gasteiger partial charge < -0.3 is 5.11 Å². The fourth-order valence-electron chi connectivity index (χ4n) is 1.85. The van der Waals surface area contributed by atoms with Crippen LogP contribution in [0.5, 0.6) is 0 Å². The average molecular weight is 235 g/mol. The second-order valence-corrected chi connectivity index (χ2v) is 5.96. The van der Waals surface area contributed by atoms with Gasteiger partial charge in [0.1, 0.15) is 0 Å². The summed E-state index contributed by atoms with van der Waals surface area (Å²) in [7, 11) is -3.05. The lowest BCUT2D eigenvalue weighted by atomic mass is 10.1. The Morgan fingerprint density at radius 2 is 2.20 bits per heavy atom. The molecule has 1 fully saturated rings. The van der Waals surface area contributed by atoms with Crippen LogP contribution in [-0.2, 0) is 14.8 Å². The number of rotatable bonds is 5. The number of carbonyl (C=O) groups is 1. The van der Waals surface area contributed by atoms with E-state index < -0.39 is 16.0 Å². The van der Waals surface area contributed by atoms with Gasteiger partial charge in [0.15, 0.2) is 0 Å². The molecule has 15 heavy (non-hydrogen) atoms. The Labute approximate surface area is 90.1 Å². The molecule has 1 rings (SSSR count). The van der Waals surface area contributed by atoms with Gasteiger partial charge in [0, 0.05) is 19.0 Å². The van der Waals surface area contributed by atoms with Gasteiger partial charge in [-0.05, 0) is 26.2 Å². The molecule has 5 nitrogen and oxygen atoms in total. The molecular formula is C9H17NO4S. The van der Waals surface area contributed by atoms with Crippen LogP contribution in [0.1, 0.15) is 32.6 Å². The Morgan fingerprint density at radius 1 is 1.53 bits per heavy atom. The highest BCUT2D eigenvalue weighted by Crippen LogP contribution is 2.19. The quantitative estimate of drug-likeness (QED) is 0.759. The molecule has 1 atom stereocenters. The number of hydrogen-bond acceptors (Lipinski definition) is 3. The Balaban J connectivity index is 2.40. The van der Waals surface area contributed by atoms with Crippen LogP contribution in [0.4, 0.5) is 0 Å². The molecule has 6 heteroatoms. The van der Waals surface area contributed by atoms with E-state index in [0.29, 0.717) is 25.8 Å². The molecule has 1 heterocycles. The van der Waals surface area contributed by atoms with Crippen molar-refractivity contribution in [3.63, 3.8) is 0 Å². The SMILES string of the molecule is CC(CCCC(=O)O)N1CCCS1(=O)=O. The minimum atomic E-state index is -3.05. The van der Waals surface area contributed by atoms with Gasteiger partial charge in [0.25, 0.3) is 0 Å². The van der Waals surface area contributed by atoms with Crippen molar-refractivity contribution in [2.75, 3.05) is 12.3 Å². The van der Waals surface area contributed by atoms with Crippen LogP contribution in [0, 0.1) is 0 Å². The van der Waals surface area contributed by atoms with Gasteiger partial charge >= 0.3 is 5.97 Å². The van der Waals surface area contributed by atoms with E-state index in [4.69, 9.17) is 5.11 Å². The zero-order valence-electron chi connectivity index (χ0n) is 8.85. The van der Waals surface area contributed by atoms with Crippen molar-refractivity contribution in [1.29, 1.82) is 0 Å². The van der Waals surface area contributed by atoms with Crippen molar-refractivity contribution in [2.24, 2.45) is 0 Å². The van der Waals surface area contributed by atoms with Crippen molar-refractivity contribution < 1.29 is 18.3 Å². The van der Waals surface area contributed by atoms with E-state index >= 15 is 0 Å². The first-order valence-electron chi connectivity index (χ1n) is 5.15. The largest absolute Gasteiger partial charge is 0.481 e. The Hall–Kier alpha value is -0.620. The molecule has 1 aliphatic rings. The molecule has 0 bridgehead atoms. The van der Waals surface area contributed by atoms with Gasteiger partial charge in [0.2, 0.25) is 10.0 Å². The molecule has 1 aliphatic heterocycles. The number of carboxylic acid groups (broad SMARTS) is 1. The maximum absolute atomic E-state index is 11.5. The monoisotopic (exact) mass is 235 g/mol. The normalized spacial score (nSPS) is 22.7. The summed E-state index contributed by atoms with van der Waals surface area (Å²) >= 11 is 0. The second-order valence-electron chi connectivity index (χ2n) is 3.92. The lowest BCUT2D eigenvalue weighted by Gasteiger charge is -2.22. The summed E-state index contributed by atoms with van der Waals surface area (Å²) in [5, 5.41) is 8.46. The zero-order chi connectivity index (χ0) is 11.5. The number of sulfonamides is 1. The van der Waals surface area contributed by atoms with Crippen molar-refractivity contribution in [3.8, 4) is 0 Å². The molecule has 0 aromatic carbocycles. The highest BCUT2D eigenvalue weighted by molar-refractivity contribution is 7.89. The van der Waals surface area contributed by atoms with Crippen LogP contribution in [0.2, 0.25) is 0 Å². The van der Waals surface area contributed by atoms with E-state index in [1.165, 1.54) is 4.31 Å². The number of aliphatic carboxylic acids is 1. The summed E-state index contributed by atoms with van der Waals surface area (Å²) in [6, 6.07) is -0.0724. The summed E-state index contributed by atoms with van der Waals surface area (Å²) in [6.07, 6.45) is 1.94. The first-order valence-corrected chi connectivity index (χ1v) is 6.76. The number of hydrogen-bond donors (Lipinski definition) is 1. The summed E-state index contributed by atoms with van der Waals surface area (Å²) in [5.74, 6) is -0.595. The van der Waals surface area contributed by atoms with Crippen LogP contribution in [0.15, 0.2) is 0 Å². The highest BCUT2D eigenvalue weighted by atomic mass is 32.2. The molecule has 88 valence electrons. The summed E-state index contributed by atoms with van der Waals surface area (Å²) in [6.45, 7) is 2.42. The minimum absolute atomic E-state index is 0.0724. The zero-order valence-corrected chi connectivity index (χ0v) is 9.66. The molecule has 0 saturated carbocycles. The molecule has 0 radical (unpaired) electrons. The Bertz CT molecular complexity index is 325. The summed E-state index contributed by atoms with van der Waals surface area (Å²) < 4.78 is 24.5. The van der Waals surface area contributed by atoms with Gasteiger partial charge in [-0.2, -0.15) is 4.31 Å². The predicted octanol–water partition coefficient (Wildman–Crippen LogP) is 0.665. The van der Waals surface area contributed by atoms with Crippen molar-refractivity contribution in [1.82, 2.24) is 4.31 Å². The first kappa shape index (κ1) is 12.4. The lowest BCUT2D eigenvalue weighted by molar-refractivity contribution is -0.137. The molecule has 1 N–H and O–H groups in total. The molecule has 0 aliphatic carbocycles. The third-order valence-corrected chi connectivity index (χ3v) is 4.70. The first-order chi connectivity index (χ1) is 6.93. The van der Waals surface area contributed by atoms with Gasteiger partial charge in [0.05, 0.1) is 5.75 Å². The van der Waals surface area contributed by atoms with Crippen molar-refractivity contribution in [3.05, 3.63) is 0 Å². The van der Waals surface area contributed by atoms with Crippen LogP contribution < -0.4 is 0 Å². The maximum atomic E-state index is 11.5. The maximum Gasteiger partial charge on any atom is 0.303 e. The molecular weight excluding hydrogens is 218 g/mol. The van der Waals surface area contributed by atoms with E-state index in [2.05, 4.69) is 0 Å². The third kappa shape index (κ3) is 3.46. The smallest absolute Gasteiger partial charge is 0.303 e. The lowest BCUT2D eigenvalue weighted by Crippen LogP contribution is -2.34. The van der Waals surface area contributed by atoms with E-state index in [9.17, 15) is 13.2 Å². The van der Waals surface area contributed by atoms with Crippen LogP contribution >= 0.6 is 0 Å². The van der Waals surface area contributed by atoms with Gasteiger partial charge in [-0.3, -0.25) is 4.79 Å². The molecule has 1 saturated heterocycles. The highest BCUT2D eigenvalue weighted by Gasteiger charge is 2.31. The average Bonchev–Trinajstić information content (AvgIpc) is 2.44. The standard InChI is InChI=1S/C9H17NO4S/c1-8(4-2-5-9(11)12)10-6-3-7-15(10,13)14/h8H,2-7H2,1H3,(H,11,12). The second kappa shape index (κ2) is 4.94. The molecule has 0 spiro atoms. The van der Waals surface area contributed by atoms with E-state index in [0.717, 1.165) is 0 Å². The molecule has 0 amide bonds. The summed E-state index contributed by atoms with van der Waals surface area (Å²) in [4.78, 5) is 10.3. The van der Waals surface area contributed by atoms with Gasteiger partial charge in [-0.1, -0.05) is 0 Å². The van der Waals surface area contributed by atoms with Crippen LogP contribution in [0.25, 0.3) is 0 Å². The fourth-order valence-corrected chi connectivity index (χ4v) is 3.64. The number of carboxylic acids is 1. The third-order valence-electron chi connectivity index (χ3n) is 2.64. The van der Waals surface area contributed by atoms with Crippen molar-refractivity contribution >= 4 is 16.0 Å². The molecule has 0 aromatic rings. The topological polar surface area (TPSA) is 74.7 Å². The molecule has 1 unspecified atom stereocenters. The van der Waals surface area contributed by atoms with E-state index in [1.54, 1.807) is 0 Å². The predicted molar refractivity (Wildman–Crippen MR) is 56.1 cm³/mol. The minimum Gasteiger partial charge on any atom is -0.481 e. The van der Waals surface area contributed by atoms with Crippen LogP contribution in [0.3, 0.4) is 0 Å². The Kier molecular flexibility index (Phi) is 4.10. The fraction of sp³-hybridized carbons (Fsp3) is 0.889. The number of nitrogens with zero attached hydrogens (tertiary/aromatic N) is 1. The van der Waals surface area contributed by atoms with Gasteiger partial charge in [-0.25, -0.2) is 8.42 Å². The molecule has 0 aromatic heterocycles.